The highest BCUT2D eigenvalue weighted by Crippen LogP contribution is 2.65. The fourth-order valence-electron chi connectivity index (χ4n) is 7.50. The van der Waals surface area contributed by atoms with Crippen LogP contribution >= 0.6 is 0 Å². The molecule has 4 aliphatic carbocycles. The van der Waals surface area contributed by atoms with Crippen LogP contribution in [0.3, 0.4) is 0 Å². The Morgan fingerprint density at radius 2 is 1.94 bits per heavy atom. The highest BCUT2D eigenvalue weighted by atomic mass is 16.7. The number of fused-ring (bicyclic) bond motifs is 5. The van der Waals surface area contributed by atoms with E-state index in [1.54, 1.807) is 5.57 Å². The minimum atomic E-state index is 0.241. The number of hydrogen-bond donors (Lipinski definition) is 0. The van der Waals surface area contributed by atoms with Crippen LogP contribution in [0.25, 0.3) is 0 Å². The first-order valence-electron chi connectivity index (χ1n) is 11.9. The highest BCUT2D eigenvalue weighted by molar-refractivity contribution is 5.93. The molecule has 5 atom stereocenters. The molecule has 160 valence electrons. The van der Waals surface area contributed by atoms with Gasteiger partial charge in [0.15, 0.2) is 17.3 Å². The van der Waals surface area contributed by atoms with Gasteiger partial charge in [-0.15, -0.1) is 5.92 Å². The van der Waals surface area contributed by atoms with Crippen LogP contribution in [0, 0.1) is 35.0 Å². The van der Waals surface area contributed by atoms with E-state index in [1.807, 2.05) is 13.0 Å². The van der Waals surface area contributed by atoms with Crippen LogP contribution in [0.2, 0.25) is 0 Å². The van der Waals surface area contributed by atoms with Crippen molar-refractivity contribution in [1.29, 1.82) is 0 Å². The van der Waals surface area contributed by atoms with Crippen molar-refractivity contribution in [2.45, 2.75) is 64.7 Å². The topological polar surface area (TPSA) is 35.5 Å². The van der Waals surface area contributed by atoms with Gasteiger partial charge in [0, 0.05) is 18.3 Å². The van der Waals surface area contributed by atoms with Gasteiger partial charge >= 0.3 is 0 Å². The van der Waals surface area contributed by atoms with Crippen molar-refractivity contribution >= 4 is 5.78 Å². The smallest absolute Gasteiger partial charge is 0.231 e. The third-order valence-electron chi connectivity index (χ3n) is 8.85. The third-order valence-corrected chi connectivity index (χ3v) is 8.85. The number of benzene rings is 1. The fraction of sp³-hybridized carbons (Fsp3) is 0.536. The van der Waals surface area contributed by atoms with E-state index in [4.69, 9.17) is 9.47 Å². The van der Waals surface area contributed by atoms with Crippen LogP contribution in [-0.2, 0) is 4.79 Å². The molecule has 0 N–H and O–H groups in total. The molecule has 0 amide bonds. The van der Waals surface area contributed by atoms with E-state index in [-0.39, 0.29) is 5.41 Å². The lowest BCUT2D eigenvalue weighted by atomic mass is 9.52. The predicted octanol–water partition coefficient (Wildman–Crippen LogP) is 5.95. The third kappa shape index (κ3) is 2.84. The Morgan fingerprint density at radius 1 is 1.06 bits per heavy atom. The molecule has 5 aliphatic rings. The Balaban J connectivity index is 1.52. The summed E-state index contributed by atoms with van der Waals surface area (Å²) in [6.07, 6.45) is 9.39. The number of rotatable bonds is 1. The van der Waals surface area contributed by atoms with Crippen LogP contribution in [0.1, 0.15) is 70.3 Å². The second kappa shape index (κ2) is 7.02. The summed E-state index contributed by atoms with van der Waals surface area (Å²) in [6, 6.07) is 6.53. The molecule has 1 aromatic carbocycles. The molecule has 0 radical (unpaired) electrons. The van der Waals surface area contributed by atoms with Gasteiger partial charge in [0.05, 0.1) is 0 Å². The molecular formula is C28H30O3. The largest absolute Gasteiger partial charge is 0.454 e. The van der Waals surface area contributed by atoms with Crippen LogP contribution in [-0.4, -0.2) is 12.6 Å². The van der Waals surface area contributed by atoms with E-state index >= 15 is 0 Å². The number of ketones is 1. The molecule has 1 aliphatic heterocycles. The minimum Gasteiger partial charge on any atom is -0.454 e. The van der Waals surface area contributed by atoms with Crippen molar-refractivity contribution in [3.8, 4) is 23.3 Å². The zero-order valence-electron chi connectivity index (χ0n) is 18.5. The van der Waals surface area contributed by atoms with Crippen molar-refractivity contribution in [2.75, 3.05) is 6.79 Å². The van der Waals surface area contributed by atoms with Gasteiger partial charge in [-0.05, 0) is 97.6 Å². The standard InChI is InChI=1S/C28H30O3/c1-3-4-19-7-11-24-22-9-5-17-13-20(29)8-10-21(17)27(22)23(15-28(19,24)2)18-6-12-25-26(14-18)31-16-30-25/h6,12-14,19,22-24H,5,7-11,15-16H2,1-2H3. The Labute approximate surface area is 184 Å². The summed E-state index contributed by atoms with van der Waals surface area (Å²) in [4.78, 5) is 12.2. The summed E-state index contributed by atoms with van der Waals surface area (Å²) in [5.74, 6) is 11.0. The van der Waals surface area contributed by atoms with Gasteiger partial charge in [-0.2, -0.15) is 0 Å². The van der Waals surface area contributed by atoms with Crippen LogP contribution in [0.15, 0.2) is 41.0 Å². The molecule has 6 rings (SSSR count). The normalized spacial score (nSPS) is 35.5. The summed E-state index contributed by atoms with van der Waals surface area (Å²) < 4.78 is 11.3. The zero-order chi connectivity index (χ0) is 21.2. The van der Waals surface area contributed by atoms with Gasteiger partial charge in [-0.25, -0.2) is 0 Å². The molecule has 3 heteroatoms. The fourth-order valence-corrected chi connectivity index (χ4v) is 7.50. The molecule has 2 fully saturated rings. The van der Waals surface area contributed by atoms with Crippen molar-refractivity contribution < 1.29 is 14.3 Å². The van der Waals surface area contributed by atoms with E-state index in [0.29, 0.717) is 42.7 Å². The number of ether oxygens (including phenoxy) is 2. The first-order chi connectivity index (χ1) is 15.1. The van der Waals surface area contributed by atoms with Gasteiger partial charge in [-0.1, -0.05) is 24.5 Å². The van der Waals surface area contributed by atoms with Gasteiger partial charge in [0.2, 0.25) is 6.79 Å². The van der Waals surface area contributed by atoms with Crippen LogP contribution in [0.5, 0.6) is 11.5 Å². The SMILES string of the molecule is CC#CC1CCC2C3CCC4=CC(=O)CCC4=C3C(c3ccc4c(c3)OCO4)CC12C. The molecule has 0 spiro atoms. The minimum absolute atomic E-state index is 0.241. The van der Waals surface area contributed by atoms with Crippen LogP contribution in [0.4, 0.5) is 0 Å². The number of carbonyl (C=O) groups is 1. The van der Waals surface area contributed by atoms with Gasteiger partial charge in [0.25, 0.3) is 0 Å². The zero-order valence-corrected chi connectivity index (χ0v) is 18.5. The lowest BCUT2D eigenvalue weighted by Gasteiger charge is -2.52. The lowest BCUT2D eigenvalue weighted by molar-refractivity contribution is -0.114. The van der Waals surface area contributed by atoms with Crippen LogP contribution < -0.4 is 9.47 Å². The molecule has 3 nitrogen and oxygen atoms in total. The van der Waals surface area contributed by atoms with Crippen molar-refractivity contribution in [2.24, 2.45) is 23.2 Å². The Bertz CT molecular complexity index is 1080. The van der Waals surface area contributed by atoms with Crippen molar-refractivity contribution in [1.82, 2.24) is 0 Å². The maximum Gasteiger partial charge on any atom is 0.231 e. The van der Waals surface area contributed by atoms with Crippen molar-refractivity contribution in [3.05, 3.63) is 46.6 Å². The van der Waals surface area contributed by atoms with E-state index < -0.39 is 0 Å². The van der Waals surface area contributed by atoms with Gasteiger partial charge in [-0.3, -0.25) is 4.79 Å². The molecule has 0 aromatic heterocycles. The molecule has 0 bridgehead atoms. The summed E-state index contributed by atoms with van der Waals surface area (Å²) in [6.45, 7) is 4.80. The molecule has 5 unspecified atom stereocenters. The average molecular weight is 415 g/mol. The number of allylic oxidation sites excluding steroid dienone is 4. The number of hydrogen-bond acceptors (Lipinski definition) is 3. The summed E-state index contributed by atoms with van der Waals surface area (Å²) >= 11 is 0. The quantitative estimate of drug-likeness (QED) is 0.532. The lowest BCUT2D eigenvalue weighted by Crippen LogP contribution is -2.43. The van der Waals surface area contributed by atoms with E-state index in [2.05, 4.69) is 37.0 Å². The first-order valence-corrected chi connectivity index (χ1v) is 11.9. The van der Waals surface area contributed by atoms with Gasteiger partial charge < -0.3 is 9.47 Å². The van der Waals surface area contributed by atoms with E-state index in [1.165, 1.54) is 36.0 Å². The number of carbonyl (C=O) groups excluding carboxylic acids is 1. The predicted molar refractivity (Wildman–Crippen MR) is 120 cm³/mol. The molecule has 2 saturated carbocycles. The second-order valence-electron chi connectivity index (χ2n) is 10.2. The van der Waals surface area contributed by atoms with E-state index in [9.17, 15) is 4.79 Å². The molecule has 1 heterocycles. The maximum atomic E-state index is 12.2. The Morgan fingerprint density at radius 3 is 2.81 bits per heavy atom. The first kappa shape index (κ1) is 19.2. The Kier molecular flexibility index (Phi) is 4.36. The summed E-state index contributed by atoms with van der Waals surface area (Å²) in [5, 5.41) is 0. The second-order valence-corrected chi connectivity index (χ2v) is 10.2. The van der Waals surface area contributed by atoms with Gasteiger partial charge in [0.1, 0.15) is 0 Å². The highest BCUT2D eigenvalue weighted by Gasteiger charge is 2.56. The average Bonchev–Trinajstić information content (AvgIpc) is 3.37. The summed E-state index contributed by atoms with van der Waals surface area (Å²) in [7, 11) is 0. The molecular weight excluding hydrogens is 384 g/mol. The monoisotopic (exact) mass is 414 g/mol. The van der Waals surface area contributed by atoms with Crippen molar-refractivity contribution in [3.63, 3.8) is 0 Å². The maximum absolute atomic E-state index is 12.2. The molecule has 0 saturated heterocycles. The molecule has 1 aromatic rings. The Hall–Kier alpha value is -2.47. The van der Waals surface area contributed by atoms with E-state index in [0.717, 1.165) is 30.8 Å². The molecule has 31 heavy (non-hydrogen) atoms. The summed E-state index contributed by atoms with van der Waals surface area (Å²) in [5.41, 5.74) is 6.04.